The second-order valence-corrected chi connectivity index (χ2v) is 5.91. The van der Waals surface area contributed by atoms with Crippen molar-refractivity contribution in [1.29, 1.82) is 0 Å². The van der Waals surface area contributed by atoms with Crippen molar-refractivity contribution in [2.75, 3.05) is 0 Å². The van der Waals surface area contributed by atoms with Crippen molar-refractivity contribution >= 4 is 10.9 Å². The molecule has 1 aliphatic carbocycles. The molecule has 1 atom stereocenters. The third-order valence-corrected chi connectivity index (χ3v) is 4.06. The molecule has 2 aromatic rings. The van der Waals surface area contributed by atoms with Crippen LogP contribution >= 0.6 is 0 Å². The predicted molar refractivity (Wildman–Crippen MR) is 74.4 cm³/mol. The number of hydrogen-bond acceptors (Lipinski definition) is 2. The summed E-state index contributed by atoms with van der Waals surface area (Å²) in [6.45, 7) is 8.57. The molecule has 96 valence electrons. The van der Waals surface area contributed by atoms with Crippen LogP contribution in [-0.2, 0) is 13.1 Å². The van der Waals surface area contributed by atoms with Crippen LogP contribution in [-0.4, -0.2) is 15.8 Å². The predicted octanol–water partition coefficient (Wildman–Crippen LogP) is 2.94. The van der Waals surface area contributed by atoms with Crippen LogP contribution in [0.2, 0.25) is 0 Å². The van der Waals surface area contributed by atoms with Gasteiger partial charge in [-0.1, -0.05) is 32.0 Å². The highest BCUT2D eigenvalue weighted by atomic mass is 15.3. The van der Waals surface area contributed by atoms with Gasteiger partial charge in [0.05, 0.1) is 11.2 Å². The Morgan fingerprint density at radius 2 is 2.11 bits per heavy atom. The zero-order valence-corrected chi connectivity index (χ0v) is 11.4. The van der Waals surface area contributed by atoms with Gasteiger partial charge in [0.1, 0.15) is 0 Å². The minimum Gasteiger partial charge on any atom is -0.308 e. The first-order valence-corrected chi connectivity index (χ1v) is 6.79. The molecule has 3 heteroatoms. The average Bonchev–Trinajstić information content (AvgIpc) is 2.84. The Labute approximate surface area is 108 Å². The molecule has 1 aromatic heterocycles. The van der Waals surface area contributed by atoms with Crippen LogP contribution in [0.1, 0.15) is 32.9 Å². The van der Waals surface area contributed by atoms with Gasteiger partial charge in [-0.2, -0.15) is 5.10 Å². The summed E-state index contributed by atoms with van der Waals surface area (Å²) in [5.74, 6) is 0. The highest BCUT2D eigenvalue weighted by molar-refractivity contribution is 5.81. The van der Waals surface area contributed by atoms with Crippen LogP contribution < -0.4 is 5.32 Å². The second kappa shape index (κ2) is 4.09. The lowest BCUT2D eigenvalue weighted by atomic mass is 10.2. The number of nitrogens with zero attached hydrogens (tertiary/aromatic N) is 2. The number of hydrogen-bond donors (Lipinski definition) is 1. The van der Waals surface area contributed by atoms with E-state index in [0.717, 1.165) is 13.1 Å². The molecule has 18 heavy (non-hydrogen) atoms. The fraction of sp³-hybridized carbons (Fsp3) is 0.533. The van der Waals surface area contributed by atoms with Gasteiger partial charge in [0.2, 0.25) is 0 Å². The van der Waals surface area contributed by atoms with E-state index in [0.29, 0.717) is 11.5 Å². The van der Waals surface area contributed by atoms with Gasteiger partial charge in [-0.15, -0.1) is 0 Å². The van der Waals surface area contributed by atoms with Crippen LogP contribution in [0.4, 0.5) is 0 Å². The van der Waals surface area contributed by atoms with Gasteiger partial charge in [0.15, 0.2) is 0 Å². The fourth-order valence-electron chi connectivity index (χ4n) is 2.60. The maximum Gasteiger partial charge on any atom is 0.0841 e. The van der Waals surface area contributed by atoms with Gasteiger partial charge in [-0.25, -0.2) is 0 Å². The summed E-state index contributed by atoms with van der Waals surface area (Å²) in [7, 11) is 0. The lowest BCUT2D eigenvalue weighted by molar-refractivity contribution is 0.535. The first-order chi connectivity index (χ1) is 8.62. The number of nitrogens with one attached hydrogen (secondary N) is 1. The van der Waals surface area contributed by atoms with E-state index < -0.39 is 0 Å². The Bertz CT molecular complexity index is 568. The maximum atomic E-state index is 4.71. The third kappa shape index (κ3) is 1.93. The highest BCUT2D eigenvalue weighted by Gasteiger charge is 2.45. The molecule has 1 unspecified atom stereocenters. The lowest BCUT2D eigenvalue weighted by Gasteiger charge is -2.04. The number of benzene rings is 1. The molecular formula is C15H21N3. The first-order valence-electron chi connectivity index (χ1n) is 6.79. The van der Waals surface area contributed by atoms with E-state index in [1.807, 2.05) is 0 Å². The van der Waals surface area contributed by atoms with Gasteiger partial charge in [0, 0.05) is 24.5 Å². The lowest BCUT2D eigenvalue weighted by Crippen LogP contribution is -2.20. The SMILES string of the molecule is CCn1nc(CNC2CC2(C)C)c2ccccc21. The molecule has 0 radical (unpaired) electrons. The number of fused-ring (bicyclic) bond motifs is 1. The number of aromatic nitrogens is 2. The molecule has 0 bridgehead atoms. The van der Waals surface area contributed by atoms with Crippen LogP contribution in [0, 0.1) is 5.41 Å². The van der Waals surface area contributed by atoms with E-state index >= 15 is 0 Å². The Kier molecular flexibility index (Phi) is 2.67. The fourth-order valence-corrected chi connectivity index (χ4v) is 2.60. The summed E-state index contributed by atoms with van der Waals surface area (Å²) in [6, 6.07) is 9.15. The topological polar surface area (TPSA) is 29.9 Å². The van der Waals surface area contributed by atoms with E-state index in [2.05, 4.69) is 55.0 Å². The summed E-state index contributed by atoms with van der Waals surface area (Å²) >= 11 is 0. The highest BCUT2D eigenvalue weighted by Crippen LogP contribution is 2.44. The van der Waals surface area contributed by atoms with E-state index in [4.69, 9.17) is 5.10 Å². The third-order valence-electron chi connectivity index (χ3n) is 4.06. The molecule has 3 nitrogen and oxygen atoms in total. The molecule has 1 fully saturated rings. The van der Waals surface area contributed by atoms with Crippen LogP contribution in [0.15, 0.2) is 24.3 Å². The van der Waals surface area contributed by atoms with E-state index in [9.17, 15) is 0 Å². The summed E-state index contributed by atoms with van der Waals surface area (Å²) in [6.07, 6.45) is 1.28. The Morgan fingerprint density at radius 3 is 2.78 bits per heavy atom. The molecule has 1 N–H and O–H groups in total. The van der Waals surface area contributed by atoms with E-state index in [1.165, 1.54) is 23.0 Å². The van der Waals surface area contributed by atoms with E-state index in [-0.39, 0.29) is 0 Å². The van der Waals surface area contributed by atoms with Crippen molar-refractivity contribution < 1.29 is 0 Å². The quantitative estimate of drug-likeness (QED) is 0.894. The van der Waals surface area contributed by atoms with Gasteiger partial charge < -0.3 is 5.32 Å². The zero-order valence-electron chi connectivity index (χ0n) is 11.4. The molecular weight excluding hydrogens is 222 g/mol. The molecule has 1 aromatic carbocycles. The molecule has 0 spiro atoms. The molecule has 1 aliphatic rings. The van der Waals surface area contributed by atoms with Crippen LogP contribution in [0.5, 0.6) is 0 Å². The van der Waals surface area contributed by atoms with E-state index in [1.54, 1.807) is 0 Å². The zero-order chi connectivity index (χ0) is 12.8. The standard InChI is InChI=1S/C15H21N3/c1-4-18-13-8-6-5-7-11(13)12(17-18)10-16-14-9-15(14,2)3/h5-8,14,16H,4,9-10H2,1-3H3. The number of rotatable bonds is 4. The van der Waals surface area contributed by atoms with Gasteiger partial charge in [-0.05, 0) is 24.8 Å². The average molecular weight is 243 g/mol. The normalized spacial score (nSPS) is 21.4. The van der Waals surface area contributed by atoms with Crippen LogP contribution in [0.3, 0.4) is 0 Å². The number of para-hydroxylation sites is 1. The summed E-state index contributed by atoms with van der Waals surface area (Å²) in [4.78, 5) is 0. The molecule has 0 aliphatic heterocycles. The van der Waals surface area contributed by atoms with Crippen molar-refractivity contribution in [3.63, 3.8) is 0 Å². The molecule has 3 rings (SSSR count). The summed E-state index contributed by atoms with van der Waals surface area (Å²) in [5, 5.41) is 9.61. The molecule has 0 amide bonds. The Morgan fingerprint density at radius 1 is 1.39 bits per heavy atom. The van der Waals surface area contributed by atoms with Crippen molar-refractivity contribution in [3.8, 4) is 0 Å². The Hall–Kier alpha value is -1.35. The first kappa shape index (κ1) is 11.7. The minimum absolute atomic E-state index is 0.475. The van der Waals surface area contributed by atoms with Crippen molar-refractivity contribution in [1.82, 2.24) is 15.1 Å². The summed E-state index contributed by atoms with van der Waals surface area (Å²) < 4.78 is 2.09. The van der Waals surface area contributed by atoms with Crippen LogP contribution in [0.25, 0.3) is 10.9 Å². The monoisotopic (exact) mass is 243 g/mol. The van der Waals surface area contributed by atoms with Gasteiger partial charge >= 0.3 is 0 Å². The van der Waals surface area contributed by atoms with Crippen molar-refractivity contribution in [3.05, 3.63) is 30.0 Å². The largest absolute Gasteiger partial charge is 0.308 e. The van der Waals surface area contributed by atoms with Crippen molar-refractivity contribution in [2.45, 2.75) is 46.3 Å². The van der Waals surface area contributed by atoms with Crippen molar-refractivity contribution in [2.24, 2.45) is 5.41 Å². The molecule has 0 saturated heterocycles. The maximum absolute atomic E-state index is 4.71. The van der Waals surface area contributed by atoms with Gasteiger partial charge in [-0.3, -0.25) is 4.68 Å². The molecule has 1 saturated carbocycles. The van der Waals surface area contributed by atoms with Gasteiger partial charge in [0.25, 0.3) is 0 Å². The number of aryl methyl sites for hydroxylation is 1. The molecule has 1 heterocycles. The summed E-state index contributed by atoms with van der Waals surface area (Å²) in [5.41, 5.74) is 2.89. The smallest absolute Gasteiger partial charge is 0.0841 e. The minimum atomic E-state index is 0.475. The second-order valence-electron chi connectivity index (χ2n) is 5.91. The Balaban J connectivity index is 1.83.